The van der Waals surface area contributed by atoms with Crippen molar-refractivity contribution < 1.29 is 14.3 Å². The van der Waals surface area contributed by atoms with Crippen LogP contribution in [0.5, 0.6) is 0 Å². The Morgan fingerprint density at radius 3 is 2.63 bits per heavy atom. The van der Waals surface area contributed by atoms with Crippen molar-refractivity contribution in [3.05, 3.63) is 0 Å². The summed E-state index contributed by atoms with van der Waals surface area (Å²) in [5.41, 5.74) is 0. The van der Waals surface area contributed by atoms with Gasteiger partial charge in [0.25, 0.3) is 0 Å². The van der Waals surface area contributed by atoms with E-state index in [0.717, 1.165) is 45.3 Å². The Balaban J connectivity index is 1.89. The molecule has 2 aliphatic heterocycles. The molecule has 2 rings (SSSR count). The van der Waals surface area contributed by atoms with E-state index in [1.54, 1.807) is 0 Å². The number of carbonyl (C=O) groups excluding carboxylic acids is 2. The topological polar surface area (TPSA) is 58.6 Å². The maximum atomic E-state index is 12.4. The molecule has 2 fully saturated rings. The van der Waals surface area contributed by atoms with Gasteiger partial charge in [-0.05, 0) is 45.7 Å². The maximum Gasteiger partial charge on any atom is 0.310 e. The van der Waals surface area contributed by atoms with Crippen molar-refractivity contribution in [2.24, 2.45) is 11.8 Å². The number of carbonyl (C=O) groups is 2. The van der Waals surface area contributed by atoms with Crippen LogP contribution in [0.25, 0.3) is 0 Å². The molecule has 1 N–H and O–H groups in total. The van der Waals surface area contributed by atoms with Crippen LogP contribution in [-0.2, 0) is 14.3 Å². The van der Waals surface area contributed by atoms with Crippen molar-refractivity contribution in [1.29, 1.82) is 0 Å². The molecule has 108 valence electrons. The molecule has 0 aliphatic carbocycles. The summed E-state index contributed by atoms with van der Waals surface area (Å²) in [5, 5.41) is 3.27. The van der Waals surface area contributed by atoms with E-state index in [9.17, 15) is 9.59 Å². The number of piperidine rings is 2. The zero-order chi connectivity index (χ0) is 13.7. The van der Waals surface area contributed by atoms with Gasteiger partial charge in [-0.1, -0.05) is 0 Å². The summed E-state index contributed by atoms with van der Waals surface area (Å²) < 4.78 is 5.07. The number of nitrogens with one attached hydrogen (secondary N) is 1. The largest absolute Gasteiger partial charge is 0.466 e. The minimum absolute atomic E-state index is 0.126. The van der Waals surface area contributed by atoms with Crippen LogP contribution >= 0.6 is 0 Å². The Morgan fingerprint density at radius 2 is 1.95 bits per heavy atom. The molecule has 2 saturated heterocycles. The number of esters is 1. The average Bonchev–Trinajstić information content (AvgIpc) is 2.48. The van der Waals surface area contributed by atoms with E-state index in [1.807, 2.05) is 11.8 Å². The molecule has 0 aromatic rings. The number of rotatable bonds is 3. The summed E-state index contributed by atoms with van der Waals surface area (Å²) in [5.74, 6) is 0.0994. The SMILES string of the molecule is CCOC(=O)[C@H]1CCCN(C(=O)C2CCNCC2)C1. The van der Waals surface area contributed by atoms with Crippen LogP contribution in [0.2, 0.25) is 0 Å². The lowest BCUT2D eigenvalue weighted by Crippen LogP contribution is -2.47. The number of hydrogen-bond donors (Lipinski definition) is 1. The Hall–Kier alpha value is -1.10. The number of nitrogens with zero attached hydrogens (tertiary/aromatic N) is 1. The number of likely N-dealkylation sites (tertiary alicyclic amines) is 1. The molecule has 5 heteroatoms. The molecule has 2 heterocycles. The second kappa shape index (κ2) is 6.89. The van der Waals surface area contributed by atoms with Gasteiger partial charge in [0.1, 0.15) is 0 Å². The van der Waals surface area contributed by atoms with Crippen LogP contribution in [0, 0.1) is 11.8 Å². The first-order valence-corrected chi connectivity index (χ1v) is 7.38. The summed E-state index contributed by atoms with van der Waals surface area (Å²) in [4.78, 5) is 26.1. The third-order valence-corrected chi connectivity index (χ3v) is 4.04. The first kappa shape index (κ1) is 14.3. The Morgan fingerprint density at radius 1 is 1.21 bits per heavy atom. The lowest BCUT2D eigenvalue weighted by molar-refractivity contribution is -0.152. The first-order valence-electron chi connectivity index (χ1n) is 7.38. The highest BCUT2D eigenvalue weighted by atomic mass is 16.5. The van der Waals surface area contributed by atoms with Gasteiger partial charge in [-0.2, -0.15) is 0 Å². The van der Waals surface area contributed by atoms with Crippen LogP contribution in [0.3, 0.4) is 0 Å². The van der Waals surface area contributed by atoms with E-state index in [2.05, 4.69) is 5.32 Å². The molecule has 0 saturated carbocycles. The Kier molecular flexibility index (Phi) is 5.19. The Labute approximate surface area is 114 Å². The highest BCUT2D eigenvalue weighted by Gasteiger charge is 2.32. The van der Waals surface area contributed by atoms with Crippen molar-refractivity contribution in [3.8, 4) is 0 Å². The van der Waals surface area contributed by atoms with Gasteiger partial charge in [-0.15, -0.1) is 0 Å². The fourth-order valence-electron chi connectivity index (χ4n) is 2.96. The van der Waals surface area contributed by atoms with Crippen LogP contribution in [0.15, 0.2) is 0 Å². The van der Waals surface area contributed by atoms with Gasteiger partial charge in [0, 0.05) is 19.0 Å². The van der Waals surface area contributed by atoms with E-state index in [4.69, 9.17) is 4.74 Å². The molecule has 1 amide bonds. The molecular weight excluding hydrogens is 244 g/mol. The normalized spacial score (nSPS) is 25.1. The number of hydrogen-bond acceptors (Lipinski definition) is 4. The van der Waals surface area contributed by atoms with Gasteiger partial charge in [-0.25, -0.2) is 0 Å². The zero-order valence-corrected chi connectivity index (χ0v) is 11.7. The first-order chi connectivity index (χ1) is 9.22. The second-order valence-electron chi connectivity index (χ2n) is 5.40. The van der Waals surface area contributed by atoms with Gasteiger partial charge in [-0.3, -0.25) is 9.59 Å². The van der Waals surface area contributed by atoms with Gasteiger partial charge in [0.15, 0.2) is 0 Å². The molecule has 0 spiro atoms. The standard InChI is InChI=1S/C14H24N2O3/c1-2-19-14(18)12-4-3-9-16(10-12)13(17)11-5-7-15-8-6-11/h11-12,15H,2-10H2,1H3/t12-/m0/s1. The molecule has 2 aliphatic rings. The van der Waals surface area contributed by atoms with Gasteiger partial charge in [0.2, 0.25) is 5.91 Å². The fourth-order valence-corrected chi connectivity index (χ4v) is 2.96. The molecular formula is C14H24N2O3. The maximum absolute atomic E-state index is 12.4. The van der Waals surface area contributed by atoms with E-state index >= 15 is 0 Å². The third-order valence-electron chi connectivity index (χ3n) is 4.04. The number of amides is 1. The van der Waals surface area contributed by atoms with Crippen LogP contribution < -0.4 is 5.32 Å². The fraction of sp³-hybridized carbons (Fsp3) is 0.857. The zero-order valence-electron chi connectivity index (χ0n) is 11.7. The summed E-state index contributed by atoms with van der Waals surface area (Å²) in [7, 11) is 0. The summed E-state index contributed by atoms with van der Waals surface area (Å²) in [6.07, 6.45) is 3.58. The van der Waals surface area contributed by atoms with Crippen molar-refractivity contribution in [3.63, 3.8) is 0 Å². The smallest absolute Gasteiger partial charge is 0.310 e. The lowest BCUT2D eigenvalue weighted by Gasteiger charge is -2.35. The van der Waals surface area contributed by atoms with Crippen molar-refractivity contribution in [1.82, 2.24) is 10.2 Å². The minimum atomic E-state index is -0.148. The Bertz CT molecular complexity index is 327. The molecule has 5 nitrogen and oxygen atoms in total. The highest BCUT2D eigenvalue weighted by Crippen LogP contribution is 2.22. The molecule has 1 atom stereocenters. The summed E-state index contributed by atoms with van der Waals surface area (Å²) >= 11 is 0. The van der Waals surface area contributed by atoms with Crippen molar-refractivity contribution in [2.45, 2.75) is 32.6 Å². The van der Waals surface area contributed by atoms with E-state index in [0.29, 0.717) is 13.2 Å². The summed E-state index contributed by atoms with van der Waals surface area (Å²) in [6, 6.07) is 0. The highest BCUT2D eigenvalue weighted by molar-refractivity contribution is 5.80. The predicted octanol–water partition coefficient (Wildman–Crippen LogP) is 0.788. The van der Waals surface area contributed by atoms with Gasteiger partial charge >= 0.3 is 5.97 Å². The summed E-state index contributed by atoms with van der Waals surface area (Å²) in [6.45, 7) is 5.41. The second-order valence-corrected chi connectivity index (χ2v) is 5.40. The molecule has 0 bridgehead atoms. The minimum Gasteiger partial charge on any atom is -0.466 e. The molecule has 19 heavy (non-hydrogen) atoms. The van der Waals surface area contributed by atoms with Crippen LogP contribution in [0.4, 0.5) is 0 Å². The van der Waals surface area contributed by atoms with Crippen molar-refractivity contribution >= 4 is 11.9 Å². The van der Waals surface area contributed by atoms with Gasteiger partial charge in [0.05, 0.1) is 12.5 Å². The van der Waals surface area contributed by atoms with Crippen molar-refractivity contribution in [2.75, 3.05) is 32.8 Å². The van der Waals surface area contributed by atoms with Crippen LogP contribution in [-0.4, -0.2) is 49.6 Å². The quantitative estimate of drug-likeness (QED) is 0.769. The lowest BCUT2D eigenvalue weighted by atomic mass is 9.93. The molecule has 0 radical (unpaired) electrons. The average molecular weight is 268 g/mol. The third kappa shape index (κ3) is 3.69. The predicted molar refractivity (Wildman–Crippen MR) is 71.5 cm³/mol. The number of ether oxygens (including phenoxy) is 1. The van der Waals surface area contributed by atoms with E-state index < -0.39 is 0 Å². The van der Waals surface area contributed by atoms with E-state index in [-0.39, 0.29) is 23.7 Å². The molecule has 0 aromatic carbocycles. The van der Waals surface area contributed by atoms with Gasteiger partial charge < -0.3 is 15.0 Å². The molecule has 0 unspecified atom stereocenters. The monoisotopic (exact) mass is 268 g/mol. The van der Waals surface area contributed by atoms with E-state index in [1.165, 1.54) is 0 Å². The van der Waals surface area contributed by atoms with Crippen LogP contribution in [0.1, 0.15) is 32.6 Å². The molecule has 0 aromatic heterocycles.